The Labute approximate surface area is 189 Å². The molecule has 1 aromatic heterocycles. The van der Waals surface area contributed by atoms with Gasteiger partial charge in [0.15, 0.2) is 0 Å². The van der Waals surface area contributed by atoms with Gasteiger partial charge in [0, 0.05) is 71.4 Å². The van der Waals surface area contributed by atoms with Gasteiger partial charge in [0.05, 0.1) is 0 Å². The van der Waals surface area contributed by atoms with Crippen LogP contribution in [0.1, 0.15) is 56.7 Å². The number of carbonyl (C=O) groups excluding carboxylic acids is 1. The highest BCUT2D eigenvalue weighted by Gasteiger charge is 2.58. The molecule has 2 fully saturated rings. The van der Waals surface area contributed by atoms with Gasteiger partial charge >= 0.3 is 6.09 Å². The maximum Gasteiger partial charge on any atom is 0.416 e. The first-order valence-electron chi connectivity index (χ1n) is 11.3. The molecule has 4 aliphatic rings. The molecule has 0 aromatic carbocycles. The third kappa shape index (κ3) is 4.35. The van der Waals surface area contributed by atoms with E-state index in [1.807, 2.05) is 26.8 Å². The Morgan fingerprint density at radius 3 is 2.41 bits per heavy atom. The third-order valence-corrected chi connectivity index (χ3v) is 6.54. The second-order valence-electron chi connectivity index (χ2n) is 10.2. The van der Waals surface area contributed by atoms with Crippen LogP contribution in [0, 0.1) is 0 Å². The third-order valence-electron chi connectivity index (χ3n) is 6.54. The van der Waals surface area contributed by atoms with Crippen molar-refractivity contribution in [3.8, 4) is 0 Å². The molecular formula is C23H35FN4O4. The van der Waals surface area contributed by atoms with E-state index in [2.05, 4.69) is 16.8 Å². The first-order chi connectivity index (χ1) is 15.0. The lowest BCUT2D eigenvalue weighted by atomic mass is 9.68. The quantitative estimate of drug-likeness (QED) is 0.638. The summed E-state index contributed by atoms with van der Waals surface area (Å²) in [6, 6.07) is 1.61. The number of pyridine rings is 1. The average molecular weight is 451 g/mol. The van der Waals surface area contributed by atoms with E-state index in [0.29, 0.717) is 23.6 Å². The highest BCUT2D eigenvalue weighted by atomic mass is 19.1. The van der Waals surface area contributed by atoms with Gasteiger partial charge in [-0.25, -0.2) is 14.2 Å². The van der Waals surface area contributed by atoms with Gasteiger partial charge < -0.3 is 19.1 Å². The minimum Gasteiger partial charge on any atom is -0.443 e. The molecule has 1 aromatic rings. The molecule has 2 bridgehead atoms. The number of anilines is 1. The Morgan fingerprint density at radius 2 is 1.84 bits per heavy atom. The van der Waals surface area contributed by atoms with Crippen molar-refractivity contribution in [3.63, 3.8) is 0 Å². The van der Waals surface area contributed by atoms with Crippen molar-refractivity contribution in [1.29, 1.82) is 0 Å². The fraction of sp³-hybridized carbons (Fsp3) is 0.739. The molecule has 4 heterocycles. The number of piperazine rings is 1. The maximum absolute atomic E-state index is 15.7. The molecule has 3 aliphatic heterocycles. The Kier molecular flexibility index (Phi) is 6.21. The molecule has 178 valence electrons. The predicted molar refractivity (Wildman–Crippen MR) is 118 cm³/mol. The number of carbonyl (C=O) groups is 1. The molecule has 1 saturated heterocycles. The first-order valence-corrected chi connectivity index (χ1v) is 11.3. The van der Waals surface area contributed by atoms with Crippen molar-refractivity contribution in [3.05, 3.63) is 22.9 Å². The monoisotopic (exact) mass is 450 g/mol. The van der Waals surface area contributed by atoms with Crippen LogP contribution in [0.5, 0.6) is 0 Å². The summed E-state index contributed by atoms with van der Waals surface area (Å²) in [6.07, 6.45) is -0.669. The fourth-order valence-corrected chi connectivity index (χ4v) is 4.78. The summed E-state index contributed by atoms with van der Waals surface area (Å²) >= 11 is 0. The number of nitrogens with zero attached hydrogens (tertiary/aromatic N) is 4. The molecule has 1 saturated carbocycles. The molecule has 1 amide bonds. The van der Waals surface area contributed by atoms with Gasteiger partial charge in [-0.3, -0.25) is 9.80 Å². The van der Waals surface area contributed by atoms with Gasteiger partial charge in [0.1, 0.15) is 22.8 Å². The van der Waals surface area contributed by atoms with Gasteiger partial charge in [-0.2, -0.15) is 0 Å². The highest BCUT2D eigenvalue weighted by Crippen LogP contribution is 2.56. The molecule has 32 heavy (non-hydrogen) atoms. The number of hydrogen-bond donors (Lipinski definition) is 0. The number of hydrogen-bond acceptors (Lipinski definition) is 7. The van der Waals surface area contributed by atoms with E-state index in [1.165, 1.54) is 4.90 Å². The number of methoxy groups -OCH3 is 2. The van der Waals surface area contributed by atoms with Gasteiger partial charge in [-0.1, -0.05) is 0 Å². The number of halogens is 1. The maximum atomic E-state index is 15.7. The summed E-state index contributed by atoms with van der Waals surface area (Å²) in [6.45, 7) is 9.88. The second-order valence-corrected chi connectivity index (χ2v) is 10.2. The van der Waals surface area contributed by atoms with E-state index in [0.717, 1.165) is 31.7 Å². The van der Waals surface area contributed by atoms with Crippen LogP contribution in [0.4, 0.5) is 15.0 Å². The number of likely N-dealkylation sites (N-methyl/N-ethyl adjacent to an activating group) is 1. The molecule has 0 N–H and O–H groups in total. The lowest BCUT2D eigenvalue weighted by Gasteiger charge is -2.52. The predicted octanol–water partition coefficient (Wildman–Crippen LogP) is 3.20. The molecule has 0 radical (unpaired) electrons. The average Bonchev–Trinajstić information content (AvgIpc) is 2.69. The standard InChI is InChI=1S/C23H35FN4O4/c1-22(2,3)32-21(29)28-16-12-23(24,13-16)17-11-15(14-27-9-7-26(4)8-10-27)18(25-19(17)28)20(30-5)31-6/h11,16,20H,7-10,12-14H2,1-6H3. The van der Waals surface area contributed by atoms with Crippen molar-refractivity contribution in [1.82, 2.24) is 14.8 Å². The normalized spacial score (nSPS) is 26.1. The smallest absolute Gasteiger partial charge is 0.416 e. The molecule has 0 spiro atoms. The summed E-state index contributed by atoms with van der Waals surface area (Å²) in [5.74, 6) is 0.320. The van der Waals surface area contributed by atoms with E-state index in [9.17, 15) is 4.79 Å². The zero-order valence-electron chi connectivity index (χ0n) is 20.0. The van der Waals surface area contributed by atoms with Crippen LogP contribution >= 0.6 is 0 Å². The lowest BCUT2D eigenvalue weighted by molar-refractivity contribution is -0.109. The van der Waals surface area contributed by atoms with Gasteiger partial charge in [0.25, 0.3) is 0 Å². The Hall–Kier alpha value is -1.81. The van der Waals surface area contributed by atoms with Gasteiger partial charge in [0.2, 0.25) is 6.29 Å². The molecule has 8 nitrogen and oxygen atoms in total. The van der Waals surface area contributed by atoms with Crippen LogP contribution in [-0.4, -0.2) is 80.0 Å². The molecule has 1 aliphatic carbocycles. The Bertz CT molecular complexity index is 856. The molecular weight excluding hydrogens is 415 g/mol. The number of amides is 1. The number of alkyl halides is 1. The number of ether oxygens (including phenoxy) is 3. The first kappa shape index (κ1) is 23.4. The van der Waals surface area contributed by atoms with Gasteiger partial charge in [-0.05, 0) is 39.4 Å². The fourth-order valence-electron chi connectivity index (χ4n) is 4.78. The molecule has 5 rings (SSSR count). The van der Waals surface area contributed by atoms with E-state index < -0.39 is 23.7 Å². The Balaban J connectivity index is 1.74. The van der Waals surface area contributed by atoms with Crippen LogP contribution in [0.25, 0.3) is 0 Å². The minimum atomic E-state index is -1.46. The summed E-state index contributed by atoms with van der Waals surface area (Å²) in [5, 5.41) is 0. The van der Waals surface area contributed by atoms with Crippen molar-refractivity contribution >= 4 is 11.9 Å². The largest absolute Gasteiger partial charge is 0.443 e. The Morgan fingerprint density at radius 1 is 1.22 bits per heavy atom. The number of rotatable bonds is 5. The molecule has 0 atom stereocenters. The van der Waals surface area contributed by atoms with E-state index in [1.54, 1.807) is 14.2 Å². The van der Waals surface area contributed by atoms with Crippen molar-refractivity contribution in [2.75, 3.05) is 52.3 Å². The highest BCUT2D eigenvalue weighted by molar-refractivity contribution is 5.90. The SMILES string of the molecule is COC(OC)c1nc2c(cc1CN1CCN(C)CC1)C1(F)CC(C1)N2C(=O)OC(C)(C)C. The van der Waals surface area contributed by atoms with Crippen molar-refractivity contribution in [2.45, 2.75) is 63.8 Å². The van der Waals surface area contributed by atoms with E-state index in [-0.39, 0.29) is 18.9 Å². The van der Waals surface area contributed by atoms with Crippen LogP contribution < -0.4 is 4.90 Å². The summed E-state index contributed by atoms with van der Waals surface area (Å²) in [4.78, 5) is 24.0. The number of aromatic nitrogens is 1. The van der Waals surface area contributed by atoms with E-state index in [4.69, 9.17) is 19.2 Å². The van der Waals surface area contributed by atoms with Gasteiger partial charge in [-0.15, -0.1) is 0 Å². The van der Waals surface area contributed by atoms with Crippen LogP contribution in [-0.2, 0) is 26.4 Å². The lowest BCUT2D eigenvalue weighted by Crippen LogP contribution is -2.60. The summed E-state index contributed by atoms with van der Waals surface area (Å²) in [7, 11) is 5.21. The van der Waals surface area contributed by atoms with E-state index >= 15 is 4.39 Å². The van der Waals surface area contributed by atoms with Crippen molar-refractivity contribution < 1.29 is 23.4 Å². The zero-order valence-corrected chi connectivity index (χ0v) is 20.0. The second kappa shape index (κ2) is 8.52. The zero-order chi connectivity index (χ0) is 23.3. The van der Waals surface area contributed by atoms with Crippen LogP contribution in [0.15, 0.2) is 6.07 Å². The van der Waals surface area contributed by atoms with Crippen molar-refractivity contribution in [2.24, 2.45) is 0 Å². The topological polar surface area (TPSA) is 67.4 Å². The molecule has 0 unspecified atom stereocenters. The summed E-state index contributed by atoms with van der Waals surface area (Å²) < 4.78 is 32.4. The minimum absolute atomic E-state index is 0.255. The van der Waals surface area contributed by atoms with Crippen LogP contribution in [0.2, 0.25) is 0 Å². The molecule has 9 heteroatoms. The summed E-state index contributed by atoms with van der Waals surface area (Å²) in [5.41, 5.74) is -0.211. The van der Waals surface area contributed by atoms with Crippen LogP contribution in [0.3, 0.4) is 0 Å².